The van der Waals surface area contributed by atoms with Crippen molar-refractivity contribution in [3.8, 4) is 0 Å². The van der Waals surface area contributed by atoms with Gasteiger partial charge in [0.05, 0.1) is 39.2 Å². The Bertz CT molecular complexity index is 1320. The molecule has 6 rings (SSSR count). The topological polar surface area (TPSA) is 91.6 Å². The second-order valence-corrected chi connectivity index (χ2v) is 10.6. The van der Waals surface area contributed by atoms with E-state index in [4.69, 9.17) is 4.42 Å². The lowest BCUT2D eigenvalue weighted by Crippen LogP contribution is -2.52. The van der Waals surface area contributed by atoms with Gasteiger partial charge in [0.25, 0.3) is 5.91 Å². The third-order valence-corrected chi connectivity index (χ3v) is 9.02. The number of carbonyl (C=O) groups excluding carboxylic acids is 2. The summed E-state index contributed by atoms with van der Waals surface area (Å²) in [7, 11) is 0. The summed E-state index contributed by atoms with van der Waals surface area (Å²) in [4.78, 5) is 37.7. The van der Waals surface area contributed by atoms with Crippen LogP contribution < -0.4 is 8.43 Å². The maximum atomic E-state index is 14.0. The van der Waals surface area contributed by atoms with Crippen molar-refractivity contribution in [2.24, 2.45) is 0 Å². The summed E-state index contributed by atoms with van der Waals surface area (Å²) >= 11 is 2.28. The van der Waals surface area contributed by atoms with E-state index in [0.717, 1.165) is 36.9 Å². The van der Waals surface area contributed by atoms with Gasteiger partial charge >= 0.3 is 0 Å². The first kappa shape index (κ1) is 20.9. The van der Waals surface area contributed by atoms with Crippen molar-refractivity contribution in [3.05, 3.63) is 47.5 Å². The molecule has 1 atom stereocenters. The van der Waals surface area contributed by atoms with Crippen LogP contribution in [0.5, 0.6) is 0 Å². The highest BCUT2D eigenvalue weighted by atomic mass is 127. The van der Waals surface area contributed by atoms with Gasteiger partial charge in [0.1, 0.15) is 12.1 Å². The molecule has 2 amide bonds. The molecule has 0 bridgehead atoms. The minimum Gasteiger partial charge on any atom is -0.442 e. The van der Waals surface area contributed by atoms with Gasteiger partial charge < -0.3 is 14.6 Å². The van der Waals surface area contributed by atoms with Gasteiger partial charge in [-0.15, -0.1) is 0 Å². The van der Waals surface area contributed by atoms with Crippen molar-refractivity contribution in [3.63, 3.8) is 0 Å². The molecule has 1 aliphatic carbocycles. The number of para-hydroxylation sites is 1. The number of nitrogens with one attached hydrogen (secondary N) is 1. The normalized spacial score (nSPS) is 23.0. The van der Waals surface area contributed by atoms with Crippen molar-refractivity contribution in [1.29, 1.82) is 0 Å². The lowest BCUT2D eigenvalue weighted by atomic mass is 9.75. The number of hydrogen-bond acceptors (Lipinski definition) is 6. The molecule has 2 aliphatic heterocycles. The van der Waals surface area contributed by atoms with Crippen LogP contribution in [-0.2, 0) is 10.2 Å². The van der Waals surface area contributed by atoms with Gasteiger partial charge in [-0.2, -0.15) is 0 Å². The van der Waals surface area contributed by atoms with Crippen LogP contribution in [-0.4, -0.2) is 45.3 Å². The predicted octanol–water partition coefficient (Wildman–Crippen LogP) is 4.37. The van der Waals surface area contributed by atoms with Crippen LogP contribution in [0.4, 0.5) is 11.5 Å². The second-order valence-electron chi connectivity index (χ2n) is 9.60. The van der Waals surface area contributed by atoms with E-state index in [-0.39, 0.29) is 17.4 Å². The molecule has 9 heteroatoms. The smallest absolute Gasteiger partial charge is 0.258 e. The number of likely N-dealkylation sites (tertiary alicyclic amines) is 1. The summed E-state index contributed by atoms with van der Waals surface area (Å²) in [5.41, 5.74) is 2.04. The van der Waals surface area contributed by atoms with Crippen LogP contribution >= 0.6 is 22.9 Å². The highest BCUT2D eigenvalue weighted by Crippen LogP contribution is 2.48. The zero-order chi connectivity index (χ0) is 23.0. The first-order chi connectivity index (χ1) is 15.8. The standard InChI is InChI=1S/C24H24IN5O3/c1-14-17(18-19(26-13-27-20(18)33-14)30(25)23(2)9-10-23)21(31)29-11-5-8-24(12-29)15-6-3-4-7-16(15)28-22(24)32/h3-4,6-7,13H,5,8-12H2,1-2H3,(H,28,32). The zero-order valence-corrected chi connectivity index (χ0v) is 20.7. The molecule has 0 radical (unpaired) electrons. The molecular formula is C24H24IN5O3. The second kappa shape index (κ2) is 7.15. The number of carbonyl (C=O) groups is 2. The summed E-state index contributed by atoms with van der Waals surface area (Å²) in [6.45, 7) is 4.92. The predicted molar refractivity (Wildman–Crippen MR) is 133 cm³/mol. The van der Waals surface area contributed by atoms with Gasteiger partial charge in [-0.3, -0.25) is 12.7 Å². The molecule has 8 nitrogen and oxygen atoms in total. The van der Waals surface area contributed by atoms with E-state index in [1.807, 2.05) is 24.3 Å². The number of aryl methyl sites for hydroxylation is 1. The zero-order valence-electron chi connectivity index (χ0n) is 18.5. The quantitative estimate of drug-likeness (QED) is 0.380. The Labute approximate surface area is 205 Å². The number of furan rings is 1. The fraction of sp³-hybridized carbons (Fsp3) is 0.417. The molecule has 2 aromatic heterocycles. The molecule has 1 saturated carbocycles. The van der Waals surface area contributed by atoms with E-state index in [9.17, 15) is 9.59 Å². The number of hydrogen-bond donors (Lipinski definition) is 1. The molecule has 2 fully saturated rings. The number of anilines is 2. The lowest BCUT2D eigenvalue weighted by molar-refractivity contribution is -0.122. The van der Waals surface area contributed by atoms with Gasteiger partial charge in [0.2, 0.25) is 11.6 Å². The lowest BCUT2D eigenvalue weighted by Gasteiger charge is -2.39. The molecule has 1 spiro atoms. The molecule has 3 aromatic rings. The van der Waals surface area contributed by atoms with E-state index in [1.54, 1.807) is 11.8 Å². The van der Waals surface area contributed by atoms with Gasteiger partial charge in [-0.1, -0.05) is 18.2 Å². The summed E-state index contributed by atoms with van der Waals surface area (Å²) in [5, 5.41) is 3.67. The Morgan fingerprint density at radius 1 is 1.24 bits per heavy atom. The summed E-state index contributed by atoms with van der Waals surface area (Å²) in [6.07, 6.45) is 5.11. The van der Waals surface area contributed by atoms with Crippen LogP contribution in [0.2, 0.25) is 0 Å². The Morgan fingerprint density at radius 3 is 2.82 bits per heavy atom. The van der Waals surface area contributed by atoms with E-state index >= 15 is 0 Å². The van der Waals surface area contributed by atoms with Crippen molar-refractivity contribution in [2.45, 2.75) is 50.5 Å². The number of nitrogens with zero attached hydrogens (tertiary/aromatic N) is 4. The molecule has 3 aliphatic rings. The number of fused-ring (bicyclic) bond motifs is 3. The fourth-order valence-corrected chi connectivity index (χ4v) is 6.08. The molecule has 1 unspecified atom stereocenters. The van der Waals surface area contributed by atoms with E-state index in [1.165, 1.54) is 6.33 Å². The first-order valence-corrected chi connectivity index (χ1v) is 12.2. The number of benzene rings is 1. The largest absolute Gasteiger partial charge is 0.442 e. The van der Waals surface area contributed by atoms with E-state index in [2.05, 4.69) is 48.2 Å². The molecule has 33 heavy (non-hydrogen) atoms. The minimum atomic E-state index is -0.714. The SMILES string of the molecule is Cc1oc2ncnc(N(I)C3(C)CC3)c2c1C(=O)N1CCCC2(C1)C(=O)Nc1ccccc12. The minimum absolute atomic E-state index is 0.0220. The van der Waals surface area contributed by atoms with Crippen molar-refractivity contribution in [1.82, 2.24) is 14.9 Å². The molecular weight excluding hydrogens is 533 g/mol. The Balaban J connectivity index is 1.41. The average Bonchev–Trinajstić information content (AvgIpc) is 3.40. The van der Waals surface area contributed by atoms with Crippen molar-refractivity contribution in [2.75, 3.05) is 21.5 Å². The highest BCUT2D eigenvalue weighted by molar-refractivity contribution is 14.1. The third-order valence-electron chi connectivity index (χ3n) is 7.40. The average molecular weight is 557 g/mol. The summed E-state index contributed by atoms with van der Waals surface area (Å²) < 4.78 is 8.03. The number of amides is 2. The number of rotatable bonds is 3. The molecule has 1 saturated heterocycles. The number of halogens is 1. The van der Waals surface area contributed by atoms with Crippen LogP contribution in [0, 0.1) is 6.92 Å². The molecule has 4 heterocycles. The molecule has 1 N–H and O–H groups in total. The van der Waals surface area contributed by atoms with Gasteiger partial charge in [-0.05, 0) is 51.2 Å². The number of piperidine rings is 1. The van der Waals surface area contributed by atoms with Crippen LogP contribution in [0.15, 0.2) is 35.0 Å². The maximum Gasteiger partial charge on any atom is 0.258 e. The van der Waals surface area contributed by atoms with Crippen LogP contribution in [0.25, 0.3) is 11.1 Å². The Hall–Kier alpha value is -2.69. The van der Waals surface area contributed by atoms with E-state index in [0.29, 0.717) is 41.3 Å². The van der Waals surface area contributed by atoms with Crippen molar-refractivity contribution >= 4 is 57.3 Å². The molecule has 1 aromatic carbocycles. The maximum absolute atomic E-state index is 14.0. The van der Waals surface area contributed by atoms with E-state index < -0.39 is 5.41 Å². The monoisotopic (exact) mass is 557 g/mol. The first-order valence-electron chi connectivity index (χ1n) is 11.2. The van der Waals surface area contributed by atoms with Gasteiger partial charge in [0, 0.05) is 24.3 Å². The van der Waals surface area contributed by atoms with Crippen LogP contribution in [0.1, 0.15) is 54.3 Å². The summed E-state index contributed by atoms with van der Waals surface area (Å²) in [6, 6.07) is 7.79. The Kier molecular flexibility index (Phi) is 4.53. The van der Waals surface area contributed by atoms with Crippen molar-refractivity contribution < 1.29 is 14.0 Å². The fourth-order valence-electron chi connectivity index (χ4n) is 5.23. The Morgan fingerprint density at radius 2 is 2.03 bits per heavy atom. The molecule has 170 valence electrons. The highest BCUT2D eigenvalue weighted by Gasteiger charge is 2.50. The third kappa shape index (κ3) is 3.00. The van der Waals surface area contributed by atoms with Gasteiger partial charge in [-0.25, -0.2) is 9.97 Å². The van der Waals surface area contributed by atoms with Crippen LogP contribution in [0.3, 0.4) is 0 Å². The summed E-state index contributed by atoms with van der Waals surface area (Å²) in [5.74, 6) is 1.07. The number of aromatic nitrogens is 2. The van der Waals surface area contributed by atoms with Gasteiger partial charge in [0.15, 0.2) is 5.82 Å².